The van der Waals surface area contributed by atoms with Crippen LogP contribution in [0, 0.1) is 0 Å². The van der Waals surface area contributed by atoms with E-state index in [9.17, 15) is 4.79 Å². The molecule has 0 saturated carbocycles. The van der Waals surface area contributed by atoms with Crippen LogP contribution in [-0.4, -0.2) is 24.8 Å². The van der Waals surface area contributed by atoms with Crippen molar-refractivity contribution in [3.8, 4) is 11.5 Å². The number of hydrogen-bond donors (Lipinski definition) is 1. The van der Waals surface area contributed by atoms with Gasteiger partial charge in [0.15, 0.2) is 11.5 Å². The van der Waals surface area contributed by atoms with Crippen LogP contribution in [0.25, 0.3) is 0 Å². The highest BCUT2D eigenvalue weighted by Crippen LogP contribution is 2.30. The van der Waals surface area contributed by atoms with Crippen LogP contribution in [0.2, 0.25) is 5.02 Å². The van der Waals surface area contributed by atoms with Gasteiger partial charge in [0.25, 0.3) is 5.91 Å². The minimum Gasteiger partial charge on any atom is -0.485 e. The number of para-hydroxylation sites is 2. The molecule has 3 rings (SSSR count). The normalized spacial score (nSPS) is 16.5. The molecule has 1 amide bonds. The summed E-state index contributed by atoms with van der Waals surface area (Å²) in [5.41, 5.74) is 3.22. The van der Waals surface area contributed by atoms with Crippen molar-refractivity contribution in [3.05, 3.63) is 59.1 Å². The first-order valence-corrected chi connectivity index (χ1v) is 7.07. The van der Waals surface area contributed by atoms with Gasteiger partial charge in [0, 0.05) is 5.02 Å². The Bertz CT molecular complexity index is 718. The molecule has 112 valence electrons. The molecule has 1 aliphatic rings. The SMILES string of the molecule is O=C(N/N=C\c1cccc(Cl)c1)[C@@H]1COc2ccccc2O1. The molecule has 0 aliphatic carbocycles. The van der Waals surface area contributed by atoms with Crippen molar-refractivity contribution < 1.29 is 14.3 Å². The van der Waals surface area contributed by atoms with Gasteiger partial charge in [-0.15, -0.1) is 0 Å². The maximum absolute atomic E-state index is 12.0. The first-order valence-electron chi connectivity index (χ1n) is 6.69. The van der Waals surface area contributed by atoms with E-state index in [1.54, 1.807) is 30.3 Å². The third-order valence-electron chi connectivity index (χ3n) is 3.04. The maximum atomic E-state index is 12.0. The number of fused-ring (bicyclic) bond motifs is 1. The number of carbonyl (C=O) groups excluding carboxylic acids is 1. The highest BCUT2D eigenvalue weighted by atomic mass is 35.5. The average molecular weight is 317 g/mol. The molecule has 1 aliphatic heterocycles. The molecule has 1 N–H and O–H groups in total. The molecule has 6 heteroatoms. The van der Waals surface area contributed by atoms with Crippen molar-refractivity contribution in [1.82, 2.24) is 5.43 Å². The number of benzene rings is 2. The van der Waals surface area contributed by atoms with Gasteiger partial charge in [-0.3, -0.25) is 4.79 Å². The van der Waals surface area contributed by atoms with Crippen LogP contribution in [0.5, 0.6) is 11.5 Å². The molecule has 0 spiro atoms. The van der Waals surface area contributed by atoms with Gasteiger partial charge in [-0.25, -0.2) is 5.43 Å². The lowest BCUT2D eigenvalue weighted by molar-refractivity contribution is -0.130. The van der Waals surface area contributed by atoms with E-state index in [1.165, 1.54) is 6.21 Å². The summed E-state index contributed by atoms with van der Waals surface area (Å²) in [6, 6.07) is 14.4. The van der Waals surface area contributed by atoms with E-state index >= 15 is 0 Å². The van der Waals surface area contributed by atoms with Crippen LogP contribution in [0.4, 0.5) is 0 Å². The van der Waals surface area contributed by atoms with E-state index in [1.807, 2.05) is 18.2 Å². The van der Waals surface area contributed by atoms with E-state index in [4.69, 9.17) is 21.1 Å². The number of ether oxygens (including phenoxy) is 2. The minimum atomic E-state index is -0.730. The summed E-state index contributed by atoms with van der Waals surface area (Å²) in [6.45, 7) is 0.148. The van der Waals surface area contributed by atoms with Gasteiger partial charge in [-0.2, -0.15) is 5.10 Å². The number of halogens is 1. The highest BCUT2D eigenvalue weighted by Gasteiger charge is 2.26. The number of rotatable bonds is 3. The van der Waals surface area contributed by atoms with Crippen molar-refractivity contribution >= 4 is 23.7 Å². The van der Waals surface area contributed by atoms with E-state index in [2.05, 4.69) is 10.5 Å². The van der Waals surface area contributed by atoms with E-state index in [0.717, 1.165) is 5.56 Å². The van der Waals surface area contributed by atoms with Crippen LogP contribution >= 0.6 is 11.6 Å². The van der Waals surface area contributed by atoms with Gasteiger partial charge in [0.05, 0.1) is 6.21 Å². The second kappa shape index (κ2) is 6.49. The molecule has 1 heterocycles. The number of nitrogens with zero attached hydrogens (tertiary/aromatic N) is 1. The van der Waals surface area contributed by atoms with Crippen LogP contribution < -0.4 is 14.9 Å². The molecule has 1 atom stereocenters. The molecule has 22 heavy (non-hydrogen) atoms. The summed E-state index contributed by atoms with van der Waals surface area (Å²) in [6.07, 6.45) is 0.785. The summed E-state index contributed by atoms with van der Waals surface area (Å²) in [7, 11) is 0. The van der Waals surface area contributed by atoms with Crippen molar-refractivity contribution in [2.24, 2.45) is 5.10 Å². The molecule has 2 aromatic rings. The Kier molecular flexibility index (Phi) is 4.25. The zero-order valence-corrected chi connectivity index (χ0v) is 12.3. The Morgan fingerprint density at radius 3 is 2.86 bits per heavy atom. The highest BCUT2D eigenvalue weighted by molar-refractivity contribution is 6.30. The van der Waals surface area contributed by atoms with E-state index in [-0.39, 0.29) is 12.5 Å². The lowest BCUT2D eigenvalue weighted by atomic mass is 10.2. The summed E-state index contributed by atoms with van der Waals surface area (Å²) >= 11 is 5.87. The predicted octanol–water partition coefficient (Wildman–Crippen LogP) is 2.63. The van der Waals surface area contributed by atoms with Gasteiger partial charge in [-0.05, 0) is 29.8 Å². The summed E-state index contributed by atoms with van der Waals surface area (Å²) in [4.78, 5) is 12.0. The van der Waals surface area contributed by atoms with Gasteiger partial charge in [-0.1, -0.05) is 35.9 Å². The Morgan fingerprint density at radius 1 is 1.23 bits per heavy atom. The first-order chi connectivity index (χ1) is 10.7. The predicted molar refractivity (Wildman–Crippen MR) is 83.5 cm³/mol. The van der Waals surface area contributed by atoms with Crippen molar-refractivity contribution in [2.45, 2.75) is 6.10 Å². The Hall–Kier alpha value is -2.53. The lowest BCUT2D eigenvalue weighted by Crippen LogP contribution is -2.42. The Balaban J connectivity index is 1.59. The third kappa shape index (κ3) is 3.38. The quantitative estimate of drug-likeness (QED) is 0.699. The summed E-state index contributed by atoms with van der Waals surface area (Å²) in [5.74, 6) is 0.814. The third-order valence-corrected chi connectivity index (χ3v) is 3.27. The number of hydrogen-bond acceptors (Lipinski definition) is 4. The molecule has 0 saturated heterocycles. The topological polar surface area (TPSA) is 59.9 Å². The minimum absolute atomic E-state index is 0.148. The standard InChI is InChI=1S/C16H13ClN2O3/c17-12-5-3-4-11(8-12)9-18-19-16(20)15-10-21-13-6-1-2-7-14(13)22-15/h1-9,15H,10H2,(H,19,20)/b18-9-/t15-/m0/s1. The molecule has 0 unspecified atom stereocenters. The molecule has 2 aromatic carbocycles. The zero-order valence-electron chi connectivity index (χ0n) is 11.5. The van der Waals surface area contributed by atoms with Crippen molar-refractivity contribution in [2.75, 3.05) is 6.61 Å². The van der Waals surface area contributed by atoms with Crippen molar-refractivity contribution in [1.29, 1.82) is 0 Å². The fraction of sp³-hybridized carbons (Fsp3) is 0.125. The molecular formula is C16H13ClN2O3. The zero-order chi connectivity index (χ0) is 15.4. The molecule has 0 aromatic heterocycles. The first kappa shape index (κ1) is 14.4. The van der Waals surface area contributed by atoms with Gasteiger partial charge in [0.2, 0.25) is 6.10 Å². The van der Waals surface area contributed by atoms with E-state index in [0.29, 0.717) is 16.5 Å². The average Bonchev–Trinajstić information content (AvgIpc) is 2.54. The second-order valence-corrected chi connectivity index (χ2v) is 5.09. The van der Waals surface area contributed by atoms with Gasteiger partial charge < -0.3 is 9.47 Å². The Labute approximate surface area is 132 Å². The van der Waals surface area contributed by atoms with Gasteiger partial charge >= 0.3 is 0 Å². The largest absolute Gasteiger partial charge is 0.485 e. The molecule has 0 bridgehead atoms. The van der Waals surface area contributed by atoms with Crippen LogP contribution in [0.1, 0.15) is 5.56 Å². The van der Waals surface area contributed by atoms with E-state index < -0.39 is 6.10 Å². The Morgan fingerprint density at radius 2 is 2.05 bits per heavy atom. The number of amides is 1. The fourth-order valence-corrected chi connectivity index (χ4v) is 2.18. The lowest BCUT2D eigenvalue weighted by Gasteiger charge is -2.24. The number of nitrogens with one attached hydrogen (secondary N) is 1. The van der Waals surface area contributed by atoms with Crippen LogP contribution in [0.15, 0.2) is 53.6 Å². The molecule has 0 radical (unpaired) electrons. The monoisotopic (exact) mass is 316 g/mol. The number of hydrazone groups is 1. The fourth-order valence-electron chi connectivity index (χ4n) is 1.98. The molecule has 5 nitrogen and oxygen atoms in total. The smallest absolute Gasteiger partial charge is 0.284 e. The van der Waals surface area contributed by atoms with Crippen LogP contribution in [0.3, 0.4) is 0 Å². The van der Waals surface area contributed by atoms with Crippen LogP contribution in [-0.2, 0) is 4.79 Å². The van der Waals surface area contributed by atoms with Gasteiger partial charge in [0.1, 0.15) is 6.61 Å². The number of carbonyl (C=O) groups is 1. The molecular weight excluding hydrogens is 304 g/mol. The molecule has 0 fully saturated rings. The van der Waals surface area contributed by atoms with Crippen molar-refractivity contribution in [3.63, 3.8) is 0 Å². The summed E-state index contributed by atoms with van der Waals surface area (Å²) < 4.78 is 11.1. The summed E-state index contributed by atoms with van der Waals surface area (Å²) in [5, 5.41) is 4.50. The maximum Gasteiger partial charge on any atom is 0.284 e. The second-order valence-electron chi connectivity index (χ2n) is 4.65.